The van der Waals surface area contributed by atoms with E-state index in [0.29, 0.717) is 0 Å². The fourth-order valence-corrected chi connectivity index (χ4v) is 1.61. The van der Waals surface area contributed by atoms with E-state index in [1.807, 2.05) is 13.1 Å². The summed E-state index contributed by atoms with van der Waals surface area (Å²) in [5.74, 6) is -0.752. The number of hydrogen-bond donors (Lipinski definition) is 2. The average molecular weight is 231 g/mol. The van der Waals surface area contributed by atoms with Crippen LogP contribution in [-0.4, -0.2) is 20.8 Å². The summed E-state index contributed by atoms with van der Waals surface area (Å²) in [6.45, 7) is 2.77. The molecule has 3 N–H and O–H groups in total. The maximum absolute atomic E-state index is 11.0. The molecule has 5 heteroatoms. The van der Waals surface area contributed by atoms with Crippen molar-refractivity contribution >= 4 is 5.91 Å². The van der Waals surface area contributed by atoms with Gasteiger partial charge in [0.15, 0.2) is 0 Å². The van der Waals surface area contributed by atoms with E-state index in [-0.39, 0.29) is 11.3 Å². The van der Waals surface area contributed by atoms with Crippen LogP contribution in [0.25, 0.3) is 11.1 Å². The van der Waals surface area contributed by atoms with Crippen molar-refractivity contribution < 1.29 is 9.90 Å². The van der Waals surface area contributed by atoms with E-state index in [1.54, 1.807) is 16.9 Å². The van der Waals surface area contributed by atoms with Crippen molar-refractivity contribution in [2.45, 2.75) is 13.5 Å². The van der Waals surface area contributed by atoms with Gasteiger partial charge in [0.25, 0.3) is 5.91 Å². The first-order valence-corrected chi connectivity index (χ1v) is 5.27. The largest absolute Gasteiger partial charge is 0.507 e. The van der Waals surface area contributed by atoms with Gasteiger partial charge in [0.05, 0.1) is 11.8 Å². The number of aryl methyl sites for hydroxylation is 1. The van der Waals surface area contributed by atoms with Gasteiger partial charge in [-0.2, -0.15) is 5.10 Å². The molecule has 2 aromatic rings. The molecule has 0 saturated heterocycles. The molecular formula is C12H13N3O2. The van der Waals surface area contributed by atoms with Gasteiger partial charge in [0.1, 0.15) is 5.75 Å². The maximum Gasteiger partial charge on any atom is 0.252 e. The van der Waals surface area contributed by atoms with Crippen LogP contribution in [0.4, 0.5) is 0 Å². The number of benzene rings is 1. The predicted octanol–water partition coefficient (Wildman–Crippen LogP) is 1.37. The van der Waals surface area contributed by atoms with E-state index in [4.69, 9.17) is 5.73 Å². The second kappa shape index (κ2) is 4.29. The first kappa shape index (κ1) is 11.2. The van der Waals surface area contributed by atoms with Crippen LogP contribution in [0.3, 0.4) is 0 Å². The molecule has 0 spiro atoms. The van der Waals surface area contributed by atoms with Crippen LogP contribution in [0.15, 0.2) is 30.6 Å². The number of primary amides is 1. The highest BCUT2D eigenvalue weighted by Crippen LogP contribution is 2.25. The third kappa shape index (κ3) is 2.13. The summed E-state index contributed by atoms with van der Waals surface area (Å²) in [4.78, 5) is 11.0. The summed E-state index contributed by atoms with van der Waals surface area (Å²) in [6.07, 6.45) is 3.58. The van der Waals surface area contributed by atoms with Gasteiger partial charge in [-0.1, -0.05) is 6.07 Å². The Morgan fingerprint density at radius 3 is 2.76 bits per heavy atom. The number of nitrogens with two attached hydrogens (primary N) is 1. The number of hydrogen-bond acceptors (Lipinski definition) is 3. The lowest BCUT2D eigenvalue weighted by Crippen LogP contribution is -2.10. The lowest BCUT2D eigenvalue weighted by atomic mass is 10.1. The molecule has 1 aromatic heterocycles. The molecule has 1 amide bonds. The van der Waals surface area contributed by atoms with Crippen molar-refractivity contribution in [3.8, 4) is 16.9 Å². The zero-order valence-electron chi connectivity index (χ0n) is 9.42. The smallest absolute Gasteiger partial charge is 0.252 e. The van der Waals surface area contributed by atoms with Crippen LogP contribution in [0.2, 0.25) is 0 Å². The molecule has 1 heterocycles. The molecular weight excluding hydrogens is 218 g/mol. The number of carbonyl (C=O) groups is 1. The average Bonchev–Trinajstić information content (AvgIpc) is 2.76. The number of rotatable bonds is 3. The normalized spacial score (nSPS) is 10.4. The summed E-state index contributed by atoms with van der Waals surface area (Å²) < 4.78 is 1.79. The van der Waals surface area contributed by atoms with Crippen LogP contribution in [0.5, 0.6) is 5.75 Å². The minimum atomic E-state index is -0.640. The van der Waals surface area contributed by atoms with Crippen molar-refractivity contribution in [2.24, 2.45) is 5.73 Å². The summed E-state index contributed by atoms with van der Waals surface area (Å²) in [5, 5.41) is 13.8. The van der Waals surface area contributed by atoms with Crippen LogP contribution in [0.1, 0.15) is 17.3 Å². The van der Waals surface area contributed by atoms with Crippen LogP contribution in [-0.2, 0) is 6.54 Å². The summed E-state index contributed by atoms with van der Waals surface area (Å²) in [7, 11) is 0. The fraction of sp³-hybridized carbons (Fsp3) is 0.167. The Labute approximate surface area is 98.5 Å². The minimum absolute atomic E-state index is 0.112. The number of nitrogens with zero attached hydrogens (tertiary/aromatic N) is 2. The van der Waals surface area contributed by atoms with Crippen LogP contribution in [0, 0.1) is 0 Å². The molecule has 0 aliphatic carbocycles. The number of amides is 1. The second-order valence-corrected chi connectivity index (χ2v) is 3.68. The zero-order valence-corrected chi connectivity index (χ0v) is 9.42. The van der Waals surface area contributed by atoms with Crippen LogP contribution >= 0.6 is 0 Å². The molecule has 0 atom stereocenters. The fourth-order valence-electron chi connectivity index (χ4n) is 1.61. The standard InChI is InChI=1S/C12H13N3O2/c1-2-15-7-9(6-14-15)8-3-4-10(12(13)17)11(16)5-8/h3-7,16H,2H2,1H3,(H2,13,17). The highest BCUT2D eigenvalue weighted by atomic mass is 16.3. The summed E-state index contributed by atoms with van der Waals surface area (Å²) >= 11 is 0. The molecule has 0 unspecified atom stereocenters. The van der Waals surface area contributed by atoms with E-state index in [0.717, 1.165) is 17.7 Å². The summed E-state index contributed by atoms with van der Waals surface area (Å²) in [5.41, 5.74) is 6.92. The van der Waals surface area contributed by atoms with Gasteiger partial charge in [-0.05, 0) is 24.6 Å². The molecule has 0 bridgehead atoms. The zero-order chi connectivity index (χ0) is 12.4. The van der Waals surface area contributed by atoms with Gasteiger partial charge >= 0.3 is 0 Å². The lowest BCUT2D eigenvalue weighted by Gasteiger charge is -2.02. The quantitative estimate of drug-likeness (QED) is 0.837. The molecule has 1 aromatic carbocycles. The molecule has 5 nitrogen and oxygen atoms in total. The van der Waals surface area contributed by atoms with Gasteiger partial charge in [0, 0.05) is 18.3 Å². The molecule has 0 aliphatic rings. The number of phenols is 1. The van der Waals surface area contributed by atoms with Crippen molar-refractivity contribution in [3.05, 3.63) is 36.2 Å². The van der Waals surface area contributed by atoms with E-state index in [2.05, 4.69) is 5.10 Å². The number of carbonyl (C=O) groups excluding carboxylic acids is 1. The predicted molar refractivity (Wildman–Crippen MR) is 63.5 cm³/mol. The third-order valence-corrected chi connectivity index (χ3v) is 2.55. The molecule has 0 radical (unpaired) electrons. The second-order valence-electron chi connectivity index (χ2n) is 3.68. The Balaban J connectivity index is 2.40. The van der Waals surface area contributed by atoms with E-state index >= 15 is 0 Å². The topological polar surface area (TPSA) is 81.1 Å². The Kier molecular flexibility index (Phi) is 2.82. The molecule has 88 valence electrons. The SMILES string of the molecule is CCn1cc(-c2ccc(C(N)=O)c(O)c2)cn1. The monoisotopic (exact) mass is 231 g/mol. The Morgan fingerprint density at radius 2 is 2.24 bits per heavy atom. The highest BCUT2D eigenvalue weighted by Gasteiger charge is 2.09. The molecule has 17 heavy (non-hydrogen) atoms. The minimum Gasteiger partial charge on any atom is -0.507 e. The first-order valence-electron chi connectivity index (χ1n) is 5.27. The maximum atomic E-state index is 11.0. The summed E-state index contributed by atoms with van der Waals surface area (Å²) in [6, 6.07) is 4.75. The van der Waals surface area contributed by atoms with Crippen molar-refractivity contribution in [1.29, 1.82) is 0 Å². The molecule has 0 fully saturated rings. The van der Waals surface area contributed by atoms with Crippen LogP contribution < -0.4 is 5.73 Å². The van der Waals surface area contributed by atoms with Crippen molar-refractivity contribution in [2.75, 3.05) is 0 Å². The first-order chi connectivity index (χ1) is 8.11. The van der Waals surface area contributed by atoms with Gasteiger partial charge in [0.2, 0.25) is 0 Å². The van der Waals surface area contributed by atoms with E-state index in [1.165, 1.54) is 12.1 Å². The Hall–Kier alpha value is -2.30. The van der Waals surface area contributed by atoms with Crippen molar-refractivity contribution in [3.63, 3.8) is 0 Å². The Bertz CT molecular complexity index is 561. The number of aromatic nitrogens is 2. The van der Waals surface area contributed by atoms with Crippen molar-refractivity contribution in [1.82, 2.24) is 9.78 Å². The van der Waals surface area contributed by atoms with Gasteiger partial charge in [-0.3, -0.25) is 9.48 Å². The highest BCUT2D eigenvalue weighted by molar-refractivity contribution is 5.96. The molecule has 0 saturated carbocycles. The molecule has 2 rings (SSSR count). The molecule has 0 aliphatic heterocycles. The third-order valence-electron chi connectivity index (χ3n) is 2.55. The van der Waals surface area contributed by atoms with Gasteiger partial charge in [-0.25, -0.2) is 0 Å². The lowest BCUT2D eigenvalue weighted by molar-refractivity contribution is 0.0998. The van der Waals surface area contributed by atoms with E-state index < -0.39 is 5.91 Å². The van der Waals surface area contributed by atoms with Gasteiger partial charge < -0.3 is 10.8 Å². The Morgan fingerprint density at radius 1 is 1.47 bits per heavy atom. The van der Waals surface area contributed by atoms with E-state index in [9.17, 15) is 9.90 Å². The van der Waals surface area contributed by atoms with Gasteiger partial charge in [-0.15, -0.1) is 0 Å². The number of aromatic hydroxyl groups is 1.